The second-order valence-corrected chi connectivity index (χ2v) is 4.46. The molecule has 0 heterocycles. The molecule has 90 valence electrons. The molecular weight excluding hydrogens is 198 g/mol. The van der Waals surface area contributed by atoms with E-state index in [1.54, 1.807) is 0 Å². The third-order valence-electron chi connectivity index (χ3n) is 2.70. The van der Waals surface area contributed by atoms with E-state index in [1.165, 1.54) is 18.4 Å². The predicted molar refractivity (Wildman–Crippen MR) is 69.4 cm³/mol. The Hall–Kier alpha value is -1.02. The topological polar surface area (TPSA) is 35.2 Å². The number of hydrogen-bond acceptors (Lipinski definition) is 2. The highest BCUT2D eigenvalue weighted by Crippen LogP contribution is 2.08. The van der Waals surface area contributed by atoms with Crippen LogP contribution in [0.5, 0.6) is 0 Å². The standard InChI is InChI=1S/C14H23NO/c1-3-4-12(2)11-16-10-9-13-5-7-14(15)8-6-13/h5-8,12H,3-4,9-11,15H2,1-2H3. The molecule has 1 aromatic rings. The average molecular weight is 221 g/mol. The van der Waals surface area contributed by atoms with Crippen LogP contribution in [0.15, 0.2) is 24.3 Å². The maximum absolute atomic E-state index is 5.65. The zero-order valence-electron chi connectivity index (χ0n) is 10.4. The molecule has 1 atom stereocenters. The summed E-state index contributed by atoms with van der Waals surface area (Å²) in [7, 11) is 0. The highest BCUT2D eigenvalue weighted by atomic mass is 16.5. The third-order valence-corrected chi connectivity index (χ3v) is 2.70. The fraction of sp³-hybridized carbons (Fsp3) is 0.571. The number of hydrogen-bond donors (Lipinski definition) is 1. The fourth-order valence-electron chi connectivity index (χ4n) is 1.73. The van der Waals surface area contributed by atoms with E-state index in [0.29, 0.717) is 5.92 Å². The van der Waals surface area contributed by atoms with E-state index in [9.17, 15) is 0 Å². The lowest BCUT2D eigenvalue weighted by Gasteiger charge is -2.10. The molecule has 0 saturated heterocycles. The molecule has 0 amide bonds. The van der Waals surface area contributed by atoms with Crippen LogP contribution in [0.1, 0.15) is 32.3 Å². The Balaban J connectivity index is 2.13. The summed E-state index contributed by atoms with van der Waals surface area (Å²) in [6, 6.07) is 8.01. The first-order valence-electron chi connectivity index (χ1n) is 6.14. The van der Waals surface area contributed by atoms with Gasteiger partial charge in [-0.25, -0.2) is 0 Å². The van der Waals surface area contributed by atoms with Gasteiger partial charge in [-0.1, -0.05) is 32.4 Å². The third kappa shape index (κ3) is 5.17. The molecule has 0 radical (unpaired) electrons. The first kappa shape index (κ1) is 13.0. The highest BCUT2D eigenvalue weighted by molar-refractivity contribution is 5.39. The van der Waals surface area contributed by atoms with Gasteiger partial charge >= 0.3 is 0 Å². The Bertz CT molecular complexity index is 281. The molecule has 0 spiro atoms. The minimum absolute atomic E-state index is 0.677. The van der Waals surface area contributed by atoms with Crippen LogP contribution in [0.2, 0.25) is 0 Å². The lowest BCUT2D eigenvalue weighted by molar-refractivity contribution is 0.104. The van der Waals surface area contributed by atoms with Gasteiger partial charge < -0.3 is 10.5 Å². The number of anilines is 1. The lowest BCUT2D eigenvalue weighted by Crippen LogP contribution is -2.08. The highest BCUT2D eigenvalue weighted by Gasteiger charge is 2.00. The monoisotopic (exact) mass is 221 g/mol. The van der Waals surface area contributed by atoms with Gasteiger partial charge in [0.1, 0.15) is 0 Å². The second kappa shape index (κ2) is 7.29. The van der Waals surface area contributed by atoms with Crippen LogP contribution < -0.4 is 5.73 Å². The van der Waals surface area contributed by atoms with E-state index in [-0.39, 0.29) is 0 Å². The first-order valence-corrected chi connectivity index (χ1v) is 6.14. The van der Waals surface area contributed by atoms with Gasteiger partial charge in [-0.2, -0.15) is 0 Å². The predicted octanol–water partition coefficient (Wildman–Crippen LogP) is 3.26. The number of benzene rings is 1. The maximum Gasteiger partial charge on any atom is 0.0506 e. The van der Waals surface area contributed by atoms with Gasteiger partial charge in [-0.15, -0.1) is 0 Å². The van der Waals surface area contributed by atoms with Crippen LogP contribution in [0, 0.1) is 5.92 Å². The van der Waals surface area contributed by atoms with Crippen LogP contribution in [0.25, 0.3) is 0 Å². The molecule has 0 aliphatic carbocycles. The summed E-state index contributed by atoms with van der Waals surface area (Å²) in [5.41, 5.74) is 7.73. The Morgan fingerprint density at radius 1 is 1.25 bits per heavy atom. The van der Waals surface area contributed by atoms with Crippen molar-refractivity contribution in [1.82, 2.24) is 0 Å². The quantitative estimate of drug-likeness (QED) is 0.566. The summed E-state index contributed by atoms with van der Waals surface area (Å²) in [4.78, 5) is 0. The van der Waals surface area contributed by atoms with E-state index < -0.39 is 0 Å². The number of rotatable bonds is 7. The van der Waals surface area contributed by atoms with Crippen LogP contribution in [0.3, 0.4) is 0 Å². The SMILES string of the molecule is CCCC(C)COCCc1ccc(N)cc1. The number of ether oxygens (including phenoxy) is 1. The van der Waals surface area contributed by atoms with Gasteiger partial charge in [0.05, 0.1) is 6.61 Å². The van der Waals surface area contributed by atoms with Crippen molar-refractivity contribution in [3.63, 3.8) is 0 Å². The average Bonchev–Trinajstić information content (AvgIpc) is 2.27. The molecule has 0 bridgehead atoms. The second-order valence-electron chi connectivity index (χ2n) is 4.46. The molecule has 1 unspecified atom stereocenters. The van der Waals surface area contributed by atoms with Crippen LogP contribution in [-0.2, 0) is 11.2 Å². The van der Waals surface area contributed by atoms with Crippen LogP contribution in [0.4, 0.5) is 5.69 Å². The smallest absolute Gasteiger partial charge is 0.0506 e. The van der Waals surface area contributed by atoms with E-state index >= 15 is 0 Å². The van der Waals surface area contributed by atoms with E-state index in [2.05, 4.69) is 26.0 Å². The molecule has 0 aromatic heterocycles. The van der Waals surface area contributed by atoms with Crippen molar-refractivity contribution < 1.29 is 4.74 Å². The van der Waals surface area contributed by atoms with Gasteiger partial charge in [0.15, 0.2) is 0 Å². The zero-order valence-corrected chi connectivity index (χ0v) is 10.4. The van der Waals surface area contributed by atoms with Gasteiger partial charge in [-0.3, -0.25) is 0 Å². The summed E-state index contributed by atoms with van der Waals surface area (Å²) >= 11 is 0. The number of nitrogen functional groups attached to an aromatic ring is 1. The van der Waals surface area contributed by atoms with Crippen LogP contribution in [-0.4, -0.2) is 13.2 Å². The molecule has 2 N–H and O–H groups in total. The fourth-order valence-corrected chi connectivity index (χ4v) is 1.73. The molecular formula is C14H23NO. The van der Waals surface area contributed by atoms with Crippen molar-refractivity contribution in [3.8, 4) is 0 Å². The van der Waals surface area contributed by atoms with Crippen molar-refractivity contribution in [3.05, 3.63) is 29.8 Å². The molecule has 2 nitrogen and oxygen atoms in total. The lowest BCUT2D eigenvalue weighted by atomic mass is 10.1. The van der Waals surface area contributed by atoms with E-state index in [1.807, 2.05) is 12.1 Å². The molecule has 0 aliphatic rings. The molecule has 0 saturated carbocycles. The minimum atomic E-state index is 0.677. The Kier molecular flexibility index (Phi) is 5.94. The van der Waals surface area contributed by atoms with Crippen LogP contribution >= 0.6 is 0 Å². The normalized spacial score (nSPS) is 12.6. The summed E-state index contributed by atoms with van der Waals surface area (Å²) in [6.45, 7) is 6.14. The molecule has 16 heavy (non-hydrogen) atoms. The van der Waals surface area contributed by atoms with Gasteiger partial charge in [-0.05, 0) is 36.5 Å². The Morgan fingerprint density at radius 3 is 2.56 bits per heavy atom. The molecule has 0 aliphatic heterocycles. The minimum Gasteiger partial charge on any atom is -0.399 e. The largest absolute Gasteiger partial charge is 0.399 e. The zero-order chi connectivity index (χ0) is 11.8. The molecule has 1 aromatic carbocycles. The summed E-state index contributed by atoms with van der Waals surface area (Å²) in [6.07, 6.45) is 3.46. The maximum atomic E-state index is 5.65. The molecule has 0 fully saturated rings. The summed E-state index contributed by atoms with van der Waals surface area (Å²) in [5.74, 6) is 0.677. The van der Waals surface area contributed by atoms with E-state index in [4.69, 9.17) is 10.5 Å². The van der Waals surface area contributed by atoms with Gasteiger partial charge in [0.2, 0.25) is 0 Å². The van der Waals surface area contributed by atoms with E-state index in [0.717, 1.165) is 25.3 Å². The van der Waals surface area contributed by atoms with Crippen molar-refractivity contribution in [2.24, 2.45) is 5.92 Å². The van der Waals surface area contributed by atoms with Crippen molar-refractivity contribution >= 4 is 5.69 Å². The Labute approximate surface area is 98.8 Å². The van der Waals surface area contributed by atoms with Crippen molar-refractivity contribution in [2.75, 3.05) is 18.9 Å². The Morgan fingerprint density at radius 2 is 1.94 bits per heavy atom. The number of nitrogens with two attached hydrogens (primary N) is 1. The summed E-state index contributed by atoms with van der Waals surface area (Å²) < 4.78 is 5.65. The first-order chi connectivity index (χ1) is 7.72. The van der Waals surface area contributed by atoms with Crippen molar-refractivity contribution in [2.45, 2.75) is 33.1 Å². The van der Waals surface area contributed by atoms with Gasteiger partial charge in [0, 0.05) is 12.3 Å². The van der Waals surface area contributed by atoms with Gasteiger partial charge in [0.25, 0.3) is 0 Å². The molecule has 2 heteroatoms. The van der Waals surface area contributed by atoms with Crippen molar-refractivity contribution in [1.29, 1.82) is 0 Å². The summed E-state index contributed by atoms with van der Waals surface area (Å²) in [5, 5.41) is 0. The molecule has 1 rings (SSSR count).